The van der Waals surface area contributed by atoms with E-state index in [1.54, 1.807) is 30.5 Å². The third kappa shape index (κ3) is 6.17. The molecule has 0 fully saturated rings. The van der Waals surface area contributed by atoms with Gasteiger partial charge in [-0.1, -0.05) is 45.0 Å². The lowest BCUT2D eigenvalue weighted by molar-refractivity contribution is -0.115. The summed E-state index contributed by atoms with van der Waals surface area (Å²) in [5.41, 5.74) is 10.4. The maximum absolute atomic E-state index is 13.7. The molecule has 1 atom stereocenters. The van der Waals surface area contributed by atoms with Gasteiger partial charge < -0.3 is 20.9 Å². The van der Waals surface area contributed by atoms with E-state index in [-0.39, 0.29) is 28.9 Å². The van der Waals surface area contributed by atoms with Gasteiger partial charge in [0.2, 0.25) is 0 Å². The summed E-state index contributed by atoms with van der Waals surface area (Å²) >= 11 is 0. The third-order valence-electron chi connectivity index (χ3n) is 6.59. The van der Waals surface area contributed by atoms with Crippen molar-refractivity contribution in [3.63, 3.8) is 0 Å². The molecule has 1 unspecified atom stereocenters. The first-order valence-corrected chi connectivity index (χ1v) is 12.8. The van der Waals surface area contributed by atoms with Crippen LogP contribution in [0.25, 0.3) is 22.0 Å². The Morgan fingerprint density at radius 1 is 1.03 bits per heavy atom. The topological polar surface area (TPSA) is 113 Å². The third-order valence-corrected chi connectivity index (χ3v) is 6.59. The Bertz CT molecular complexity index is 1580. The maximum atomic E-state index is 13.7. The van der Waals surface area contributed by atoms with Gasteiger partial charge in [0.25, 0.3) is 11.8 Å². The molecule has 7 nitrogen and oxygen atoms in total. The molecule has 4 aromatic rings. The molecule has 3 aromatic carbocycles. The van der Waals surface area contributed by atoms with Crippen LogP contribution in [0, 0.1) is 16.6 Å². The summed E-state index contributed by atoms with van der Waals surface area (Å²) in [7, 11) is 1.87. The number of anilines is 1. The van der Waals surface area contributed by atoms with Gasteiger partial charge in [-0.05, 0) is 65.4 Å². The van der Waals surface area contributed by atoms with Crippen LogP contribution in [0.1, 0.15) is 55.2 Å². The van der Waals surface area contributed by atoms with E-state index in [9.17, 15) is 14.0 Å². The normalized spacial score (nSPS) is 12.3. The van der Waals surface area contributed by atoms with Crippen LogP contribution in [0.3, 0.4) is 0 Å². The van der Waals surface area contributed by atoms with Crippen molar-refractivity contribution in [3.8, 4) is 11.1 Å². The highest BCUT2D eigenvalue weighted by atomic mass is 19.1. The molecule has 0 aliphatic rings. The number of halogens is 1. The number of nitrogens with zero attached hydrogens (tertiary/aromatic N) is 1. The molecule has 1 heterocycles. The Hall–Kier alpha value is -4.46. The Balaban J connectivity index is 1.59. The number of aromatic nitrogens is 1. The van der Waals surface area contributed by atoms with Gasteiger partial charge in [0.15, 0.2) is 0 Å². The number of nitrogen functional groups attached to an aromatic ring is 1. The number of nitrogens with one attached hydrogen (secondary N) is 3. The number of fused-ring (bicyclic) bond motifs is 1. The largest absolute Gasteiger partial charge is 0.398 e. The monoisotopic (exact) mass is 527 g/mol. The van der Waals surface area contributed by atoms with Crippen LogP contribution in [0.4, 0.5) is 10.1 Å². The molecule has 2 amide bonds. The zero-order valence-electron chi connectivity index (χ0n) is 22.9. The summed E-state index contributed by atoms with van der Waals surface area (Å²) in [4.78, 5) is 25.7. The summed E-state index contributed by atoms with van der Waals surface area (Å²) in [6.07, 6.45) is 1.77. The number of aryl methyl sites for hydroxylation is 1. The highest BCUT2D eigenvalue weighted by molar-refractivity contribution is 6.45. The smallest absolute Gasteiger partial charge is 0.269 e. The SMILES string of the molecule is CC(NC(=O)c1cn(C)c2ccc(-c3ccc(C(=N)C(=O)NCC(C)(C)C)c(N)c3)cc12)c1cccc(F)c1. The Morgan fingerprint density at radius 3 is 2.38 bits per heavy atom. The first-order valence-electron chi connectivity index (χ1n) is 12.8. The van der Waals surface area contributed by atoms with Crippen molar-refractivity contribution in [2.24, 2.45) is 12.5 Å². The molecule has 0 saturated heterocycles. The quantitative estimate of drug-likeness (QED) is 0.186. The fourth-order valence-electron chi connectivity index (χ4n) is 4.41. The second-order valence-corrected chi connectivity index (χ2v) is 11.1. The molecule has 0 bridgehead atoms. The van der Waals surface area contributed by atoms with Gasteiger partial charge in [0, 0.05) is 41.9 Å². The molecule has 202 valence electrons. The summed E-state index contributed by atoms with van der Waals surface area (Å²) in [5, 5.41) is 14.8. The van der Waals surface area contributed by atoms with Gasteiger partial charge in [0.05, 0.1) is 11.6 Å². The average Bonchev–Trinajstić information content (AvgIpc) is 3.22. The second kappa shape index (κ2) is 10.7. The van der Waals surface area contributed by atoms with E-state index in [4.69, 9.17) is 11.1 Å². The molecule has 0 aliphatic heterocycles. The van der Waals surface area contributed by atoms with Gasteiger partial charge in [-0.2, -0.15) is 0 Å². The predicted octanol–water partition coefficient (Wildman–Crippen LogP) is 5.59. The van der Waals surface area contributed by atoms with Crippen LogP contribution in [-0.2, 0) is 11.8 Å². The molecular weight excluding hydrogens is 493 g/mol. The van der Waals surface area contributed by atoms with E-state index in [0.717, 1.165) is 22.0 Å². The number of rotatable bonds is 7. The van der Waals surface area contributed by atoms with Crippen LogP contribution >= 0.6 is 0 Å². The molecule has 8 heteroatoms. The number of nitrogens with two attached hydrogens (primary N) is 1. The van der Waals surface area contributed by atoms with Crippen LogP contribution < -0.4 is 16.4 Å². The van der Waals surface area contributed by atoms with E-state index in [1.165, 1.54) is 12.1 Å². The first-order chi connectivity index (χ1) is 18.3. The highest BCUT2D eigenvalue weighted by Crippen LogP contribution is 2.30. The van der Waals surface area contributed by atoms with Crippen molar-refractivity contribution in [2.45, 2.75) is 33.7 Å². The fraction of sp³-hybridized carbons (Fsp3) is 0.258. The van der Waals surface area contributed by atoms with E-state index in [0.29, 0.717) is 28.9 Å². The fourth-order valence-corrected chi connectivity index (χ4v) is 4.41. The van der Waals surface area contributed by atoms with E-state index < -0.39 is 5.91 Å². The molecular formula is C31H34FN5O2. The minimum atomic E-state index is -0.474. The lowest BCUT2D eigenvalue weighted by atomic mass is 9.96. The van der Waals surface area contributed by atoms with Crippen LogP contribution in [-0.4, -0.2) is 28.6 Å². The van der Waals surface area contributed by atoms with Crippen molar-refractivity contribution in [1.82, 2.24) is 15.2 Å². The average molecular weight is 528 g/mol. The molecule has 1 aromatic heterocycles. The second-order valence-electron chi connectivity index (χ2n) is 11.1. The molecule has 0 saturated carbocycles. The zero-order valence-corrected chi connectivity index (χ0v) is 22.9. The van der Waals surface area contributed by atoms with Crippen molar-refractivity contribution in [2.75, 3.05) is 12.3 Å². The van der Waals surface area contributed by atoms with Crippen LogP contribution in [0.15, 0.2) is 66.9 Å². The van der Waals surface area contributed by atoms with Crippen LogP contribution in [0.5, 0.6) is 0 Å². The van der Waals surface area contributed by atoms with Gasteiger partial charge >= 0.3 is 0 Å². The van der Waals surface area contributed by atoms with Crippen molar-refractivity contribution in [3.05, 3.63) is 89.4 Å². The minimum Gasteiger partial charge on any atom is -0.398 e. The van der Waals surface area contributed by atoms with Crippen molar-refractivity contribution in [1.29, 1.82) is 5.41 Å². The lowest BCUT2D eigenvalue weighted by Gasteiger charge is -2.19. The number of benzene rings is 3. The molecule has 0 spiro atoms. The number of hydrogen-bond donors (Lipinski definition) is 4. The first kappa shape index (κ1) is 27.6. The minimum absolute atomic E-state index is 0.102. The van der Waals surface area contributed by atoms with Gasteiger partial charge in [0.1, 0.15) is 11.5 Å². The van der Waals surface area contributed by atoms with Crippen molar-refractivity contribution < 1.29 is 14.0 Å². The molecule has 39 heavy (non-hydrogen) atoms. The van der Waals surface area contributed by atoms with E-state index in [2.05, 4.69) is 10.6 Å². The molecule has 0 radical (unpaired) electrons. The Kier molecular flexibility index (Phi) is 7.58. The summed E-state index contributed by atoms with van der Waals surface area (Å²) in [6.45, 7) is 8.27. The Labute approximate surface area is 227 Å². The highest BCUT2D eigenvalue weighted by Gasteiger charge is 2.20. The molecule has 5 N–H and O–H groups in total. The summed E-state index contributed by atoms with van der Waals surface area (Å²) < 4.78 is 15.5. The number of hydrogen-bond acceptors (Lipinski definition) is 4. The van der Waals surface area contributed by atoms with Gasteiger partial charge in [-0.15, -0.1) is 0 Å². The van der Waals surface area contributed by atoms with Crippen molar-refractivity contribution >= 4 is 34.1 Å². The number of amides is 2. The van der Waals surface area contributed by atoms with Crippen LogP contribution in [0.2, 0.25) is 0 Å². The standard InChI is InChI=1S/C31H34FN5O2/c1-18(19-7-6-8-22(32)13-19)36-29(38)25-16-37(5)27-12-10-20(14-24(25)27)21-9-11-23(26(33)15-21)28(34)30(39)35-17-31(2,3)4/h6-16,18,34H,17,33H2,1-5H3,(H,35,39)(H,36,38). The number of carbonyl (C=O) groups excluding carboxylic acids is 2. The molecule has 0 aliphatic carbocycles. The Morgan fingerprint density at radius 2 is 1.72 bits per heavy atom. The number of carbonyl (C=O) groups is 2. The van der Waals surface area contributed by atoms with Gasteiger partial charge in [-0.25, -0.2) is 4.39 Å². The summed E-state index contributed by atoms with van der Waals surface area (Å²) in [5.74, 6) is -1.09. The maximum Gasteiger partial charge on any atom is 0.269 e. The molecule has 4 rings (SSSR count). The lowest BCUT2D eigenvalue weighted by Crippen LogP contribution is -2.37. The van der Waals surface area contributed by atoms with E-state index in [1.807, 2.05) is 63.6 Å². The summed E-state index contributed by atoms with van der Waals surface area (Å²) in [6, 6.07) is 16.8. The predicted molar refractivity (Wildman–Crippen MR) is 154 cm³/mol. The zero-order chi connectivity index (χ0) is 28.5. The van der Waals surface area contributed by atoms with Gasteiger partial charge in [-0.3, -0.25) is 15.0 Å². The van der Waals surface area contributed by atoms with E-state index >= 15 is 0 Å².